The average Bonchev–Trinajstić information content (AvgIpc) is 2.92. The number of nitrogens with two attached hydrogens (primary N) is 1. The van der Waals surface area contributed by atoms with E-state index in [0.717, 1.165) is 24.2 Å². The third kappa shape index (κ3) is 2.51. The van der Waals surface area contributed by atoms with E-state index in [4.69, 9.17) is 10.5 Å². The molecule has 1 aromatic carbocycles. The Balaban J connectivity index is 2.01. The van der Waals surface area contributed by atoms with Crippen LogP contribution in [0.5, 0.6) is 0 Å². The van der Waals surface area contributed by atoms with E-state index in [1.165, 1.54) is 18.5 Å². The minimum atomic E-state index is -0.383. The quantitative estimate of drug-likeness (QED) is 0.695. The molecular formula is C16H19N3O2. The number of imidazole rings is 1. The van der Waals surface area contributed by atoms with Crippen molar-refractivity contribution in [1.82, 2.24) is 9.55 Å². The molecule has 21 heavy (non-hydrogen) atoms. The van der Waals surface area contributed by atoms with Crippen LogP contribution in [0, 0.1) is 0 Å². The second-order valence-electron chi connectivity index (χ2n) is 5.21. The minimum Gasteiger partial charge on any atom is -0.462 e. The highest BCUT2D eigenvalue weighted by molar-refractivity contribution is 5.95. The number of carbonyl (C=O) groups is 1. The van der Waals surface area contributed by atoms with E-state index in [1.54, 1.807) is 19.1 Å². The molecule has 0 bridgehead atoms. The lowest BCUT2D eigenvalue weighted by atomic mass is 10.0. The molecule has 1 aromatic heterocycles. The van der Waals surface area contributed by atoms with Crippen molar-refractivity contribution < 1.29 is 9.53 Å². The second-order valence-corrected chi connectivity index (χ2v) is 5.21. The lowest BCUT2D eigenvalue weighted by Crippen LogP contribution is -2.10. The molecule has 1 aliphatic rings. The lowest BCUT2D eigenvalue weighted by Gasteiger charge is -2.15. The summed E-state index contributed by atoms with van der Waals surface area (Å²) >= 11 is 0. The van der Waals surface area contributed by atoms with Gasteiger partial charge in [0.2, 0.25) is 0 Å². The molecule has 5 nitrogen and oxygen atoms in total. The summed E-state index contributed by atoms with van der Waals surface area (Å²) in [6.45, 7) is 2.12. The molecule has 0 aliphatic heterocycles. The zero-order valence-corrected chi connectivity index (χ0v) is 12.1. The van der Waals surface area contributed by atoms with Crippen molar-refractivity contribution in [3.63, 3.8) is 0 Å². The fraction of sp³-hybridized carbons (Fsp3) is 0.375. The number of nitrogen functional groups attached to an aromatic ring is 1. The van der Waals surface area contributed by atoms with Crippen LogP contribution in [0.1, 0.15) is 41.5 Å². The highest BCUT2D eigenvalue weighted by atomic mass is 16.5. The summed E-state index contributed by atoms with van der Waals surface area (Å²) in [5.41, 5.74) is 10.0. The van der Waals surface area contributed by atoms with Gasteiger partial charge >= 0.3 is 5.97 Å². The molecule has 0 saturated carbocycles. The van der Waals surface area contributed by atoms with Crippen LogP contribution in [0.2, 0.25) is 0 Å². The Labute approximate surface area is 123 Å². The van der Waals surface area contributed by atoms with Crippen LogP contribution < -0.4 is 5.73 Å². The van der Waals surface area contributed by atoms with Gasteiger partial charge in [0.05, 0.1) is 24.2 Å². The molecule has 0 unspecified atom stereocenters. The number of benzene rings is 1. The van der Waals surface area contributed by atoms with Gasteiger partial charge in [-0.15, -0.1) is 0 Å². The minimum absolute atomic E-state index is 0.336. The van der Waals surface area contributed by atoms with E-state index in [1.807, 2.05) is 12.4 Å². The van der Waals surface area contributed by atoms with Crippen LogP contribution in [-0.4, -0.2) is 22.1 Å². The maximum absolute atomic E-state index is 11.9. The van der Waals surface area contributed by atoms with Gasteiger partial charge in [0.1, 0.15) is 0 Å². The highest BCUT2D eigenvalue weighted by Gasteiger charge is 2.18. The average molecular weight is 285 g/mol. The third-order valence-electron chi connectivity index (χ3n) is 3.84. The molecular weight excluding hydrogens is 266 g/mol. The molecule has 3 rings (SSSR count). The van der Waals surface area contributed by atoms with Crippen molar-refractivity contribution in [2.75, 3.05) is 12.3 Å². The third-order valence-corrected chi connectivity index (χ3v) is 3.84. The number of rotatable bonds is 3. The number of hydrogen-bond acceptors (Lipinski definition) is 4. The van der Waals surface area contributed by atoms with E-state index < -0.39 is 0 Å². The van der Waals surface area contributed by atoms with Gasteiger partial charge in [0.15, 0.2) is 0 Å². The summed E-state index contributed by atoms with van der Waals surface area (Å²) in [6, 6.07) is 5.44. The fourth-order valence-electron chi connectivity index (χ4n) is 2.77. The van der Waals surface area contributed by atoms with Gasteiger partial charge in [-0.1, -0.05) is 0 Å². The first-order valence-electron chi connectivity index (χ1n) is 7.33. The van der Waals surface area contributed by atoms with Crippen molar-refractivity contribution in [1.29, 1.82) is 0 Å². The summed E-state index contributed by atoms with van der Waals surface area (Å²) in [7, 11) is 0. The van der Waals surface area contributed by atoms with Crippen molar-refractivity contribution in [3.8, 4) is 5.69 Å². The zero-order valence-electron chi connectivity index (χ0n) is 12.1. The molecule has 5 heteroatoms. The van der Waals surface area contributed by atoms with Crippen LogP contribution >= 0.6 is 0 Å². The molecule has 1 heterocycles. The summed E-state index contributed by atoms with van der Waals surface area (Å²) in [4.78, 5) is 16.4. The van der Waals surface area contributed by atoms with Crippen molar-refractivity contribution in [2.24, 2.45) is 0 Å². The molecule has 0 saturated heterocycles. The number of aromatic nitrogens is 2. The number of fused-ring (bicyclic) bond motifs is 1. The van der Waals surface area contributed by atoms with Crippen molar-refractivity contribution in [3.05, 3.63) is 41.5 Å². The number of carbonyl (C=O) groups excluding carboxylic acids is 1. The number of anilines is 1. The Hall–Kier alpha value is -2.30. The summed E-state index contributed by atoms with van der Waals surface area (Å²) in [6.07, 6.45) is 6.26. The van der Waals surface area contributed by atoms with Gasteiger partial charge in [-0.2, -0.15) is 0 Å². The molecule has 110 valence electrons. The van der Waals surface area contributed by atoms with Gasteiger partial charge < -0.3 is 15.0 Å². The molecule has 0 fully saturated rings. The van der Waals surface area contributed by atoms with E-state index >= 15 is 0 Å². The van der Waals surface area contributed by atoms with Gasteiger partial charge in [-0.05, 0) is 50.8 Å². The summed E-state index contributed by atoms with van der Waals surface area (Å²) < 4.78 is 7.10. The molecule has 2 N–H and O–H groups in total. The van der Waals surface area contributed by atoms with Crippen molar-refractivity contribution >= 4 is 11.7 Å². The molecule has 0 amide bonds. The Morgan fingerprint density at radius 1 is 1.38 bits per heavy atom. The summed E-state index contributed by atoms with van der Waals surface area (Å²) in [5, 5.41) is 0. The largest absolute Gasteiger partial charge is 0.462 e. The number of nitrogens with zero attached hydrogens (tertiary/aromatic N) is 2. The van der Waals surface area contributed by atoms with Gasteiger partial charge in [-0.3, -0.25) is 0 Å². The highest BCUT2D eigenvalue weighted by Crippen LogP contribution is 2.25. The maximum Gasteiger partial charge on any atom is 0.340 e. The van der Waals surface area contributed by atoms with E-state index in [9.17, 15) is 4.79 Å². The monoisotopic (exact) mass is 285 g/mol. The summed E-state index contributed by atoms with van der Waals surface area (Å²) in [5.74, 6) is -0.383. The molecule has 0 radical (unpaired) electrons. The SMILES string of the molecule is CCOC(=O)c1cc(-n2cnc3c2CCCC3)ccc1N. The van der Waals surface area contributed by atoms with Gasteiger partial charge in [-0.25, -0.2) is 9.78 Å². The van der Waals surface area contributed by atoms with Crippen molar-refractivity contribution in [2.45, 2.75) is 32.6 Å². The number of aryl methyl sites for hydroxylation is 1. The van der Waals surface area contributed by atoms with Crippen LogP contribution in [-0.2, 0) is 17.6 Å². The van der Waals surface area contributed by atoms with Crippen LogP contribution in [0.3, 0.4) is 0 Å². The first-order chi connectivity index (χ1) is 10.2. The Bertz CT molecular complexity index is 676. The fourth-order valence-corrected chi connectivity index (χ4v) is 2.77. The Kier molecular flexibility index (Phi) is 3.64. The van der Waals surface area contributed by atoms with Crippen LogP contribution in [0.4, 0.5) is 5.69 Å². The molecule has 2 aromatic rings. The molecule has 0 spiro atoms. The molecule has 1 aliphatic carbocycles. The first kappa shape index (κ1) is 13.7. The van der Waals surface area contributed by atoms with E-state index in [0.29, 0.717) is 17.9 Å². The van der Waals surface area contributed by atoms with Gasteiger partial charge in [0, 0.05) is 17.1 Å². The smallest absolute Gasteiger partial charge is 0.340 e. The van der Waals surface area contributed by atoms with Gasteiger partial charge in [0.25, 0.3) is 0 Å². The number of hydrogen-bond donors (Lipinski definition) is 1. The molecule has 0 atom stereocenters. The zero-order chi connectivity index (χ0) is 14.8. The van der Waals surface area contributed by atoms with E-state index in [-0.39, 0.29) is 5.97 Å². The first-order valence-corrected chi connectivity index (χ1v) is 7.33. The van der Waals surface area contributed by atoms with Crippen LogP contribution in [0.25, 0.3) is 5.69 Å². The predicted octanol–water partition coefficient (Wildman–Crippen LogP) is 2.51. The standard InChI is InChI=1S/C16H19N3O2/c1-2-21-16(20)12-9-11(7-8-13(12)17)19-10-18-14-5-3-4-6-15(14)19/h7-10H,2-6,17H2,1H3. The van der Waals surface area contributed by atoms with Crippen LogP contribution in [0.15, 0.2) is 24.5 Å². The second kappa shape index (κ2) is 5.60. The predicted molar refractivity (Wildman–Crippen MR) is 80.6 cm³/mol. The number of esters is 1. The Morgan fingerprint density at radius 3 is 3.00 bits per heavy atom. The maximum atomic E-state index is 11.9. The van der Waals surface area contributed by atoms with E-state index in [2.05, 4.69) is 9.55 Å². The lowest BCUT2D eigenvalue weighted by molar-refractivity contribution is 0.0527. The Morgan fingerprint density at radius 2 is 2.19 bits per heavy atom. The topological polar surface area (TPSA) is 70.1 Å². The number of ether oxygens (including phenoxy) is 1. The normalized spacial score (nSPS) is 13.8.